The number of carbonyl (C=O) groups is 1. The minimum Gasteiger partial charge on any atom is -0.508 e. The zero-order valence-corrected chi connectivity index (χ0v) is 15.7. The van der Waals surface area contributed by atoms with Gasteiger partial charge in [-0.25, -0.2) is 0 Å². The van der Waals surface area contributed by atoms with Crippen LogP contribution in [0.25, 0.3) is 6.08 Å². The minimum absolute atomic E-state index is 0.140. The zero-order chi connectivity index (χ0) is 18.3. The minimum atomic E-state index is -0.197. The second kappa shape index (κ2) is 6.83. The highest BCUT2D eigenvalue weighted by atomic mass is 35.5. The molecule has 26 heavy (non-hydrogen) atoms. The number of phenols is 1. The van der Waals surface area contributed by atoms with Crippen LogP contribution in [0.15, 0.2) is 41.3 Å². The van der Waals surface area contributed by atoms with E-state index in [4.69, 9.17) is 33.3 Å². The summed E-state index contributed by atoms with van der Waals surface area (Å²) >= 11 is 12.9. The quantitative estimate of drug-likeness (QED) is 0.610. The summed E-state index contributed by atoms with van der Waals surface area (Å²) in [4.78, 5) is 14.7. The van der Waals surface area contributed by atoms with E-state index in [1.165, 1.54) is 16.7 Å². The molecular formula is C18H12ClNO4S2. The Labute approximate surface area is 164 Å². The molecule has 0 radical (unpaired) electrons. The van der Waals surface area contributed by atoms with Crippen LogP contribution >= 0.6 is 35.6 Å². The predicted octanol–water partition coefficient (Wildman–Crippen LogP) is 4.18. The van der Waals surface area contributed by atoms with Crippen molar-refractivity contribution < 1.29 is 19.4 Å². The standard InChI is InChI=1S/C18H12ClNO4S2/c19-13-7-15-14(23-9-24-15)6-11(13)8-20-17(22)16(26-18(20)25)5-10-2-1-3-12(21)4-10/h1-7,21H,8-9H2. The Kier molecular flexibility index (Phi) is 4.52. The van der Waals surface area contributed by atoms with Crippen LogP contribution in [-0.4, -0.2) is 27.0 Å². The normalized spacial score (nSPS) is 17.4. The highest BCUT2D eigenvalue weighted by molar-refractivity contribution is 8.26. The fourth-order valence-electron chi connectivity index (χ4n) is 2.65. The summed E-state index contributed by atoms with van der Waals surface area (Å²) < 4.78 is 11.1. The number of fused-ring (bicyclic) bond motifs is 1. The highest BCUT2D eigenvalue weighted by Crippen LogP contribution is 2.39. The number of benzene rings is 2. The SMILES string of the molecule is O=C1C(=Cc2cccc(O)c2)SC(=S)N1Cc1cc2c(cc1Cl)OCO2. The number of thioether (sulfide) groups is 1. The smallest absolute Gasteiger partial charge is 0.266 e. The van der Waals surface area contributed by atoms with Gasteiger partial charge in [0.25, 0.3) is 5.91 Å². The van der Waals surface area contributed by atoms with Gasteiger partial charge in [0.05, 0.1) is 11.4 Å². The second-order valence-electron chi connectivity index (χ2n) is 5.66. The molecule has 1 amide bonds. The molecular weight excluding hydrogens is 394 g/mol. The molecule has 2 aromatic rings. The average Bonchev–Trinajstić information content (AvgIpc) is 3.14. The van der Waals surface area contributed by atoms with Crippen LogP contribution in [0.1, 0.15) is 11.1 Å². The highest BCUT2D eigenvalue weighted by Gasteiger charge is 2.33. The molecule has 1 fully saturated rings. The van der Waals surface area contributed by atoms with E-state index in [1.807, 2.05) is 0 Å². The number of aromatic hydroxyl groups is 1. The Morgan fingerprint density at radius 2 is 2.04 bits per heavy atom. The van der Waals surface area contributed by atoms with Gasteiger partial charge in [0, 0.05) is 11.1 Å². The number of rotatable bonds is 3. The maximum atomic E-state index is 12.7. The van der Waals surface area contributed by atoms with Crippen molar-refractivity contribution in [1.82, 2.24) is 4.90 Å². The zero-order valence-electron chi connectivity index (χ0n) is 13.3. The fraction of sp³-hybridized carbons (Fsp3) is 0.111. The number of ether oxygens (including phenoxy) is 2. The lowest BCUT2D eigenvalue weighted by molar-refractivity contribution is -0.122. The Bertz CT molecular complexity index is 960. The van der Waals surface area contributed by atoms with E-state index < -0.39 is 0 Å². The first-order valence-corrected chi connectivity index (χ1v) is 9.24. The molecule has 0 unspecified atom stereocenters. The first kappa shape index (κ1) is 17.2. The number of phenolic OH excluding ortho intramolecular Hbond substituents is 1. The second-order valence-corrected chi connectivity index (χ2v) is 7.74. The molecule has 0 bridgehead atoms. The van der Waals surface area contributed by atoms with Gasteiger partial charge in [-0.05, 0) is 35.4 Å². The van der Waals surface area contributed by atoms with Crippen LogP contribution in [0, 0.1) is 0 Å². The number of hydrogen-bond acceptors (Lipinski definition) is 6. The van der Waals surface area contributed by atoms with Gasteiger partial charge in [-0.15, -0.1) is 0 Å². The fourth-order valence-corrected chi connectivity index (χ4v) is 4.12. The monoisotopic (exact) mass is 405 g/mol. The van der Waals surface area contributed by atoms with Gasteiger partial charge in [-0.3, -0.25) is 9.69 Å². The molecule has 132 valence electrons. The van der Waals surface area contributed by atoms with Gasteiger partial charge >= 0.3 is 0 Å². The van der Waals surface area contributed by atoms with Crippen molar-refractivity contribution in [2.45, 2.75) is 6.54 Å². The number of nitrogens with zero attached hydrogens (tertiary/aromatic N) is 1. The van der Waals surface area contributed by atoms with Crippen molar-refractivity contribution in [3.63, 3.8) is 0 Å². The Balaban J connectivity index is 1.59. The predicted molar refractivity (Wildman–Crippen MR) is 104 cm³/mol. The lowest BCUT2D eigenvalue weighted by Gasteiger charge is -2.16. The van der Waals surface area contributed by atoms with Gasteiger partial charge in [0.2, 0.25) is 6.79 Å². The summed E-state index contributed by atoms with van der Waals surface area (Å²) in [6, 6.07) is 10.1. The number of thiocarbonyl (C=S) groups is 1. The molecule has 1 N–H and O–H groups in total. The molecule has 0 saturated carbocycles. The van der Waals surface area contributed by atoms with Crippen molar-refractivity contribution in [2.75, 3.05) is 6.79 Å². The van der Waals surface area contributed by atoms with E-state index >= 15 is 0 Å². The van der Waals surface area contributed by atoms with Gasteiger partial charge in [0.15, 0.2) is 11.5 Å². The summed E-state index contributed by atoms with van der Waals surface area (Å²) in [5, 5.41) is 10.1. The maximum Gasteiger partial charge on any atom is 0.266 e. The molecule has 5 nitrogen and oxygen atoms in total. The lowest BCUT2D eigenvalue weighted by atomic mass is 10.1. The number of carbonyl (C=O) groups excluding carboxylic acids is 1. The van der Waals surface area contributed by atoms with E-state index in [9.17, 15) is 9.90 Å². The molecule has 8 heteroatoms. The molecule has 0 atom stereocenters. The largest absolute Gasteiger partial charge is 0.508 e. The van der Waals surface area contributed by atoms with Crippen molar-refractivity contribution in [2.24, 2.45) is 0 Å². The number of hydrogen-bond donors (Lipinski definition) is 1. The van der Waals surface area contributed by atoms with E-state index in [0.717, 1.165) is 11.1 Å². The van der Waals surface area contributed by atoms with Gasteiger partial charge in [0.1, 0.15) is 10.1 Å². The molecule has 2 aromatic carbocycles. The summed E-state index contributed by atoms with van der Waals surface area (Å²) in [5.41, 5.74) is 1.46. The third-order valence-electron chi connectivity index (χ3n) is 3.91. The van der Waals surface area contributed by atoms with Crippen LogP contribution < -0.4 is 9.47 Å². The van der Waals surface area contributed by atoms with Crippen LogP contribution in [0.3, 0.4) is 0 Å². The van der Waals surface area contributed by atoms with Crippen LogP contribution in [0.2, 0.25) is 5.02 Å². The van der Waals surface area contributed by atoms with Crippen molar-refractivity contribution in [1.29, 1.82) is 0 Å². The van der Waals surface area contributed by atoms with E-state index in [0.29, 0.717) is 25.7 Å². The summed E-state index contributed by atoms with van der Waals surface area (Å²) in [6.45, 7) is 0.403. The molecule has 1 saturated heterocycles. The van der Waals surface area contributed by atoms with Crippen LogP contribution in [0.4, 0.5) is 0 Å². The summed E-state index contributed by atoms with van der Waals surface area (Å²) in [6.07, 6.45) is 1.71. The van der Waals surface area contributed by atoms with Gasteiger partial charge in [-0.1, -0.05) is 47.7 Å². The number of amides is 1. The molecule has 0 aromatic heterocycles. The van der Waals surface area contributed by atoms with Crippen molar-refractivity contribution in [3.05, 3.63) is 57.5 Å². The third kappa shape index (κ3) is 3.25. The molecule has 0 aliphatic carbocycles. The Morgan fingerprint density at radius 3 is 2.81 bits per heavy atom. The molecule has 0 spiro atoms. The number of halogens is 1. The average molecular weight is 406 g/mol. The van der Waals surface area contributed by atoms with E-state index in [2.05, 4.69) is 0 Å². The first-order valence-electron chi connectivity index (χ1n) is 7.64. The first-order chi connectivity index (χ1) is 12.5. The van der Waals surface area contributed by atoms with E-state index in [-0.39, 0.29) is 25.0 Å². The van der Waals surface area contributed by atoms with Crippen molar-refractivity contribution in [3.8, 4) is 17.2 Å². The molecule has 4 rings (SSSR count). The topological polar surface area (TPSA) is 59.0 Å². The summed E-state index contributed by atoms with van der Waals surface area (Å²) in [7, 11) is 0. The Hall–Kier alpha value is -2.22. The van der Waals surface area contributed by atoms with E-state index in [1.54, 1.807) is 42.5 Å². The maximum absolute atomic E-state index is 12.7. The van der Waals surface area contributed by atoms with Crippen LogP contribution in [0.5, 0.6) is 17.2 Å². The van der Waals surface area contributed by atoms with Gasteiger partial charge in [-0.2, -0.15) is 0 Å². The Morgan fingerprint density at radius 1 is 1.27 bits per heavy atom. The van der Waals surface area contributed by atoms with Crippen molar-refractivity contribution >= 4 is 51.9 Å². The molecule has 2 aliphatic heterocycles. The third-order valence-corrected chi connectivity index (χ3v) is 5.64. The van der Waals surface area contributed by atoms with Crippen LogP contribution in [-0.2, 0) is 11.3 Å². The lowest BCUT2D eigenvalue weighted by Crippen LogP contribution is -2.27. The summed E-state index contributed by atoms with van der Waals surface area (Å²) in [5.74, 6) is 1.14. The molecule has 2 aliphatic rings. The van der Waals surface area contributed by atoms with Gasteiger partial charge < -0.3 is 14.6 Å². The molecule has 2 heterocycles.